The van der Waals surface area contributed by atoms with Crippen molar-refractivity contribution in [3.05, 3.63) is 41.9 Å². The summed E-state index contributed by atoms with van der Waals surface area (Å²) in [6, 6.07) is 9.22. The van der Waals surface area contributed by atoms with Gasteiger partial charge in [-0.05, 0) is 25.1 Å². The highest BCUT2D eigenvalue weighted by Crippen LogP contribution is 2.28. The van der Waals surface area contributed by atoms with E-state index >= 15 is 0 Å². The third kappa shape index (κ3) is 2.29. The number of nitrogens with zero attached hydrogens (tertiary/aromatic N) is 2. The Hall–Kier alpha value is -2.43. The van der Waals surface area contributed by atoms with Crippen molar-refractivity contribution in [1.29, 1.82) is 0 Å². The number of hydrogen-bond donors (Lipinski definition) is 1. The second kappa shape index (κ2) is 4.83. The first kappa shape index (κ1) is 12.0. The van der Waals surface area contributed by atoms with Crippen LogP contribution in [0.2, 0.25) is 0 Å². The zero-order valence-electron chi connectivity index (χ0n) is 10.2. The van der Waals surface area contributed by atoms with E-state index in [0.717, 1.165) is 5.56 Å². The quantitative estimate of drug-likeness (QED) is 0.887. The number of rotatable bonds is 3. The smallest absolute Gasteiger partial charge is 0.286 e. The highest BCUT2D eigenvalue weighted by Gasteiger charge is 2.11. The minimum atomic E-state index is -0.644. The summed E-state index contributed by atoms with van der Waals surface area (Å²) in [5.41, 5.74) is 7.30. The number of carbonyl (C=O) groups excluding carboxylic acids is 1. The molecule has 18 heavy (non-hydrogen) atoms. The van der Waals surface area contributed by atoms with Crippen LogP contribution in [-0.4, -0.2) is 23.0 Å². The molecular formula is C13H13N3O2. The summed E-state index contributed by atoms with van der Waals surface area (Å²) in [5, 5.41) is 0. The summed E-state index contributed by atoms with van der Waals surface area (Å²) < 4.78 is 5.26. The van der Waals surface area contributed by atoms with Gasteiger partial charge in [-0.3, -0.25) is 4.79 Å². The summed E-state index contributed by atoms with van der Waals surface area (Å²) in [4.78, 5) is 19.3. The molecule has 0 bridgehead atoms. The van der Waals surface area contributed by atoms with Crippen LogP contribution >= 0.6 is 0 Å². The summed E-state index contributed by atoms with van der Waals surface area (Å²) in [6.45, 7) is 1.78. The van der Waals surface area contributed by atoms with Crippen LogP contribution < -0.4 is 10.5 Å². The Morgan fingerprint density at radius 1 is 1.28 bits per heavy atom. The van der Waals surface area contributed by atoms with E-state index in [4.69, 9.17) is 10.5 Å². The van der Waals surface area contributed by atoms with Gasteiger partial charge in [-0.25, -0.2) is 9.97 Å². The number of para-hydroxylation sites is 1. The molecule has 1 amide bonds. The second-order valence-electron chi connectivity index (χ2n) is 3.78. The minimum Gasteiger partial charge on any atom is -0.496 e. The summed E-state index contributed by atoms with van der Waals surface area (Å²) in [7, 11) is 1.59. The van der Waals surface area contributed by atoms with Crippen LogP contribution in [0.15, 0.2) is 30.3 Å². The van der Waals surface area contributed by atoms with Crippen molar-refractivity contribution in [3.8, 4) is 17.0 Å². The molecule has 2 rings (SSSR count). The molecule has 0 atom stereocenters. The molecular weight excluding hydrogens is 230 g/mol. The Bertz CT molecular complexity index is 597. The van der Waals surface area contributed by atoms with Crippen LogP contribution in [0.5, 0.6) is 5.75 Å². The van der Waals surface area contributed by atoms with E-state index in [-0.39, 0.29) is 5.82 Å². The Balaban J connectivity index is 2.60. The molecule has 1 heterocycles. The zero-order chi connectivity index (χ0) is 13.1. The molecule has 92 valence electrons. The third-order valence-corrected chi connectivity index (χ3v) is 2.46. The standard InChI is InChI=1S/C13H13N3O2/c1-8-7-10(16-13(15-8)12(14)17)9-5-3-4-6-11(9)18-2/h3-7H,1-2H3,(H2,14,17). The van der Waals surface area contributed by atoms with Gasteiger partial charge in [0.25, 0.3) is 5.91 Å². The van der Waals surface area contributed by atoms with Crippen molar-refractivity contribution < 1.29 is 9.53 Å². The molecule has 0 radical (unpaired) electrons. The molecule has 0 aliphatic carbocycles. The van der Waals surface area contributed by atoms with Gasteiger partial charge < -0.3 is 10.5 Å². The van der Waals surface area contributed by atoms with Crippen molar-refractivity contribution in [2.75, 3.05) is 7.11 Å². The van der Waals surface area contributed by atoms with Gasteiger partial charge >= 0.3 is 0 Å². The highest BCUT2D eigenvalue weighted by atomic mass is 16.5. The lowest BCUT2D eigenvalue weighted by Gasteiger charge is -2.08. The van der Waals surface area contributed by atoms with Crippen LogP contribution in [0.1, 0.15) is 16.3 Å². The molecule has 2 aromatic rings. The van der Waals surface area contributed by atoms with E-state index in [0.29, 0.717) is 17.1 Å². The zero-order valence-corrected chi connectivity index (χ0v) is 10.2. The highest BCUT2D eigenvalue weighted by molar-refractivity contribution is 5.89. The van der Waals surface area contributed by atoms with Gasteiger partial charge in [0.15, 0.2) is 0 Å². The number of hydrogen-bond acceptors (Lipinski definition) is 4. The van der Waals surface area contributed by atoms with Crippen LogP contribution in [-0.2, 0) is 0 Å². The fourth-order valence-corrected chi connectivity index (χ4v) is 1.67. The van der Waals surface area contributed by atoms with Gasteiger partial charge in [0.1, 0.15) is 5.75 Å². The molecule has 5 heteroatoms. The lowest BCUT2D eigenvalue weighted by Crippen LogP contribution is -2.16. The van der Waals surface area contributed by atoms with E-state index in [1.165, 1.54) is 0 Å². The van der Waals surface area contributed by atoms with Crippen molar-refractivity contribution in [2.24, 2.45) is 5.73 Å². The number of aromatic nitrogens is 2. The molecule has 0 aliphatic rings. The van der Waals surface area contributed by atoms with Gasteiger partial charge in [-0.1, -0.05) is 12.1 Å². The topological polar surface area (TPSA) is 78.1 Å². The maximum atomic E-state index is 11.2. The Morgan fingerprint density at radius 2 is 2.00 bits per heavy atom. The normalized spacial score (nSPS) is 10.1. The van der Waals surface area contributed by atoms with Crippen molar-refractivity contribution >= 4 is 5.91 Å². The Labute approximate surface area is 105 Å². The van der Waals surface area contributed by atoms with Gasteiger partial charge in [-0.15, -0.1) is 0 Å². The van der Waals surface area contributed by atoms with E-state index in [1.54, 1.807) is 20.1 Å². The van der Waals surface area contributed by atoms with E-state index in [9.17, 15) is 4.79 Å². The number of methoxy groups -OCH3 is 1. The van der Waals surface area contributed by atoms with Gasteiger partial charge in [-0.2, -0.15) is 0 Å². The van der Waals surface area contributed by atoms with Gasteiger partial charge in [0, 0.05) is 11.3 Å². The van der Waals surface area contributed by atoms with Gasteiger partial charge in [0.05, 0.1) is 12.8 Å². The number of benzene rings is 1. The lowest BCUT2D eigenvalue weighted by atomic mass is 10.1. The van der Waals surface area contributed by atoms with Gasteiger partial charge in [0.2, 0.25) is 5.82 Å². The summed E-state index contributed by atoms with van der Waals surface area (Å²) in [6.07, 6.45) is 0. The average molecular weight is 243 g/mol. The second-order valence-corrected chi connectivity index (χ2v) is 3.78. The summed E-state index contributed by atoms with van der Waals surface area (Å²) in [5.74, 6) is 0.0526. The molecule has 1 aromatic heterocycles. The van der Waals surface area contributed by atoms with Crippen LogP contribution in [0.25, 0.3) is 11.3 Å². The number of amides is 1. The lowest BCUT2D eigenvalue weighted by molar-refractivity contribution is 0.0990. The fraction of sp³-hybridized carbons (Fsp3) is 0.154. The predicted molar refractivity (Wildman–Crippen MR) is 67.3 cm³/mol. The van der Waals surface area contributed by atoms with E-state index in [1.807, 2.05) is 24.3 Å². The maximum Gasteiger partial charge on any atom is 0.286 e. The van der Waals surface area contributed by atoms with Crippen molar-refractivity contribution in [1.82, 2.24) is 9.97 Å². The number of carbonyl (C=O) groups is 1. The largest absolute Gasteiger partial charge is 0.496 e. The molecule has 0 saturated heterocycles. The number of primary amides is 1. The summed E-state index contributed by atoms with van der Waals surface area (Å²) >= 11 is 0. The van der Waals surface area contributed by atoms with E-state index in [2.05, 4.69) is 9.97 Å². The SMILES string of the molecule is COc1ccccc1-c1cc(C)nc(C(N)=O)n1. The third-order valence-electron chi connectivity index (χ3n) is 2.46. The molecule has 1 aromatic carbocycles. The Kier molecular flexibility index (Phi) is 3.23. The molecule has 0 saturated carbocycles. The first-order valence-corrected chi connectivity index (χ1v) is 5.40. The Morgan fingerprint density at radius 3 is 2.67 bits per heavy atom. The maximum absolute atomic E-state index is 11.2. The molecule has 0 fully saturated rings. The number of aryl methyl sites for hydroxylation is 1. The van der Waals surface area contributed by atoms with Crippen molar-refractivity contribution in [3.63, 3.8) is 0 Å². The monoisotopic (exact) mass is 243 g/mol. The molecule has 0 spiro atoms. The fourth-order valence-electron chi connectivity index (χ4n) is 1.67. The van der Waals surface area contributed by atoms with Crippen LogP contribution in [0.4, 0.5) is 0 Å². The van der Waals surface area contributed by atoms with Crippen molar-refractivity contribution in [2.45, 2.75) is 6.92 Å². The predicted octanol–water partition coefficient (Wildman–Crippen LogP) is 1.56. The first-order chi connectivity index (χ1) is 8.61. The molecule has 0 unspecified atom stereocenters. The number of nitrogens with two attached hydrogens (primary N) is 1. The molecule has 2 N–H and O–H groups in total. The number of ether oxygens (including phenoxy) is 1. The average Bonchev–Trinajstić information content (AvgIpc) is 2.38. The van der Waals surface area contributed by atoms with E-state index < -0.39 is 5.91 Å². The molecule has 0 aliphatic heterocycles. The minimum absolute atomic E-state index is 0.0101. The molecule has 5 nitrogen and oxygen atoms in total. The first-order valence-electron chi connectivity index (χ1n) is 5.40. The van der Waals surface area contributed by atoms with Crippen LogP contribution in [0.3, 0.4) is 0 Å². The van der Waals surface area contributed by atoms with Crippen LogP contribution in [0, 0.1) is 6.92 Å².